The van der Waals surface area contributed by atoms with Crippen LogP contribution in [0.5, 0.6) is 0 Å². The fraction of sp³-hybridized carbons (Fsp3) is 0.571. The van der Waals surface area contributed by atoms with Crippen molar-refractivity contribution in [2.75, 3.05) is 20.6 Å². The van der Waals surface area contributed by atoms with E-state index in [1.165, 1.54) is 5.57 Å². The van der Waals surface area contributed by atoms with E-state index >= 15 is 0 Å². The minimum atomic E-state index is 1.02. The van der Waals surface area contributed by atoms with Crippen molar-refractivity contribution >= 4 is 0 Å². The predicted octanol–water partition coefficient (Wildman–Crippen LogP) is 1.33. The molecule has 0 aliphatic rings. The molecule has 0 aromatic rings. The second-order valence-electron chi connectivity index (χ2n) is 2.29. The molecule has 0 atom stereocenters. The van der Waals surface area contributed by atoms with Crippen LogP contribution in [-0.4, -0.2) is 25.5 Å². The molecular weight excluding hydrogens is 98.1 g/mol. The van der Waals surface area contributed by atoms with Gasteiger partial charge in [0.15, 0.2) is 0 Å². The number of hydrogen-bond acceptors (Lipinski definition) is 1. The largest absolute Gasteiger partial charge is 0.305 e. The molecule has 0 unspecified atom stereocenters. The molecule has 47 valence electrons. The van der Waals surface area contributed by atoms with E-state index in [1.807, 2.05) is 20.2 Å². The average molecular weight is 112 g/mol. The molecule has 0 heterocycles. The number of likely N-dealkylation sites (N-methyl/N-ethyl adjacent to an activating group) is 1. The van der Waals surface area contributed by atoms with Gasteiger partial charge in [-0.05, 0) is 27.9 Å². The van der Waals surface area contributed by atoms with Gasteiger partial charge >= 0.3 is 0 Å². The van der Waals surface area contributed by atoms with Gasteiger partial charge in [0.1, 0.15) is 0 Å². The van der Waals surface area contributed by atoms with E-state index in [0.717, 1.165) is 6.54 Å². The maximum absolute atomic E-state index is 3.65. The van der Waals surface area contributed by atoms with Crippen molar-refractivity contribution < 1.29 is 0 Å². The highest BCUT2D eigenvalue weighted by Crippen LogP contribution is 1.90. The molecule has 0 bridgehead atoms. The standard InChI is InChI=1S/C7H14N/c1-5-7(2)6-8(3)4/h5H,1,6H2,2-4H3. The van der Waals surface area contributed by atoms with Gasteiger partial charge in [-0.3, -0.25) is 0 Å². The van der Waals surface area contributed by atoms with Crippen LogP contribution in [0.2, 0.25) is 0 Å². The summed E-state index contributed by atoms with van der Waals surface area (Å²) in [5.41, 5.74) is 1.31. The molecule has 0 spiro atoms. The molecule has 1 radical (unpaired) electrons. The van der Waals surface area contributed by atoms with E-state index in [2.05, 4.69) is 18.7 Å². The summed E-state index contributed by atoms with van der Waals surface area (Å²) >= 11 is 0. The van der Waals surface area contributed by atoms with Crippen molar-refractivity contribution in [1.29, 1.82) is 0 Å². The summed E-state index contributed by atoms with van der Waals surface area (Å²) in [6.45, 7) is 6.74. The molecule has 0 rings (SSSR count). The summed E-state index contributed by atoms with van der Waals surface area (Å²) in [4.78, 5) is 2.12. The van der Waals surface area contributed by atoms with Crippen LogP contribution in [0.1, 0.15) is 6.92 Å². The molecule has 0 aliphatic heterocycles. The molecule has 0 fully saturated rings. The Hall–Kier alpha value is -0.300. The lowest BCUT2D eigenvalue weighted by Crippen LogP contribution is -2.13. The van der Waals surface area contributed by atoms with Gasteiger partial charge in [-0.1, -0.05) is 11.6 Å². The predicted molar refractivity (Wildman–Crippen MR) is 37.7 cm³/mol. The fourth-order valence-corrected chi connectivity index (χ4v) is 0.563. The summed E-state index contributed by atoms with van der Waals surface area (Å²) in [5, 5.41) is 0. The summed E-state index contributed by atoms with van der Waals surface area (Å²) in [6, 6.07) is 0. The quantitative estimate of drug-likeness (QED) is 0.521. The first-order chi connectivity index (χ1) is 3.66. The van der Waals surface area contributed by atoms with Crippen molar-refractivity contribution in [2.45, 2.75) is 6.92 Å². The first-order valence-electron chi connectivity index (χ1n) is 2.76. The first kappa shape index (κ1) is 7.70. The van der Waals surface area contributed by atoms with Crippen LogP contribution < -0.4 is 0 Å². The lowest BCUT2D eigenvalue weighted by molar-refractivity contribution is 0.445. The van der Waals surface area contributed by atoms with E-state index in [-0.39, 0.29) is 0 Å². The smallest absolute Gasteiger partial charge is 0.0183 e. The third-order valence-corrected chi connectivity index (χ3v) is 0.914. The zero-order valence-electron chi connectivity index (χ0n) is 5.94. The number of hydrogen-bond donors (Lipinski definition) is 0. The Bertz CT molecular complexity index is 82.4. The van der Waals surface area contributed by atoms with Gasteiger partial charge < -0.3 is 4.90 Å². The van der Waals surface area contributed by atoms with Crippen LogP contribution in [0.4, 0.5) is 0 Å². The Morgan fingerprint density at radius 2 is 2.12 bits per heavy atom. The molecule has 1 heteroatoms. The van der Waals surface area contributed by atoms with Gasteiger partial charge in [0.05, 0.1) is 0 Å². The summed E-state index contributed by atoms with van der Waals surface area (Å²) in [5.74, 6) is 0. The van der Waals surface area contributed by atoms with Crippen LogP contribution in [0.25, 0.3) is 0 Å². The van der Waals surface area contributed by atoms with Crippen molar-refractivity contribution in [3.8, 4) is 0 Å². The minimum absolute atomic E-state index is 1.02. The van der Waals surface area contributed by atoms with Crippen LogP contribution >= 0.6 is 0 Å². The molecular formula is C7H14N. The van der Waals surface area contributed by atoms with E-state index < -0.39 is 0 Å². The topological polar surface area (TPSA) is 3.24 Å². The number of allylic oxidation sites excluding steroid dienone is 1. The molecule has 8 heavy (non-hydrogen) atoms. The molecule has 0 saturated carbocycles. The van der Waals surface area contributed by atoms with Gasteiger partial charge in [-0.25, -0.2) is 0 Å². The lowest BCUT2D eigenvalue weighted by Gasteiger charge is -2.07. The minimum Gasteiger partial charge on any atom is -0.305 e. The van der Waals surface area contributed by atoms with Crippen molar-refractivity contribution in [3.63, 3.8) is 0 Å². The molecule has 0 aromatic heterocycles. The Morgan fingerprint density at radius 1 is 1.62 bits per heavy atom. The highest BCUT2D eigenvalue weighted by Gasteiger charge is 1.87. The zero-order valence-corrected chi connectivity index (χ0v) is 5.94. The molecule has 1 nitrogen and oxygen atoms in total. The second kappa shape index (κ2) is 3.67. The highest BCUT2D eigenvalue weighted by molar-refractivity contribution is 5.01. The lowest BCUT2D eigenvalue weighted by atomic mass is 10.3. The molecule has 0 aliphatic carbocycles. The first-order valence-corrected chi connectivity index (χ1v) is 2.76. The number of nitrogens with zero attached hydrogens (tertiary/aromatic N) is 1. The third-order valence-electron chi connectivity index (χ3n) is 0.914. The summed E-state index contributed by atoms with van der Waals surface area (Å²) in [6.07, 6.45) is 1.89. The maximum atomic E-state index is 3.65. The van der Waals surface area contributed by atoms with E-state index in [9.17, 15) is 0 Å². The van der Waals surface area contributed by atoms with Crippen LogP contribution in [0, 0.1) is 6.92 Å². The van der Waals surface area contributed by atoms with Crippen LogP contribution in [-0.2, 0) is 0 Å². The average Bonchev–Trinajstić information content (AvgIpc) is 1.65. The van der Waals surface area contributed by atoms with Crippen LogP contribution in [0.15, 0.2) is 11.6 Å². The monoisotopic (exact) mass is 112 g/mol. The summed E-state index contributed by atoms with van der Waals surface area (Å²) < 4.78 is 0. The highest BCUT2D eigenvalue weighted by atomic mass is 15.0. The van der Waals surface area contributed by atoms with Gasteiger partial charge in [0, 0.05) is 6.54 Å². The molecule has 0 aromatic carbocycles. The SMILES string of the molecule is [CH2]C=C(C)CN(C)C. The fourth-order valence-electron chi connectivity index (χ4n) is 0.563. The zero-order chi connectivity index (χ0) is 6.57. The van der Waals surface area contributed by atoms with Crippen molar-refractivity contribution in [1.82, 2.24) is 4.90 Å². The normalized spacial score (nSPS) is 12.9. The van der Waals surface area contributed by atoms with Gasteiger partial charge in [-0.15, -0.1) is 0 Å². The van der Waals surface area contributed by atoms with E-state index in [4.69, 9.17) is 0 Å². The van der Waals surface area contributed by atoms with Gasteiger partial charge in [-0.2, -0.15) is 0 Å². The van der Waals surface area contributed by atoms with E-state index in [0.29, 0.717) is 0 Å². The van der Waals surface area contributed by atoms with Crippen molar-refractivity contribution in [3.05, 3.63) is 18.6 Å². The Labute approximate surface area is 52.0 Å². The maximum Gasteiger partial charge on any atom is 0.0183 e. The summed E-state index contributed by atoms with van der Waals surface area (Å²) in [7, 11) is 4.10. The van der Waals surface area contributed by atoms with Crippen molar-refractivity contribution in [2.24, 2.45) is 0 Å². The third kappa shape index (κ3) is 3.88. The van der Waals surface area contributed by atoms with Crippen LogP contribution in [0.3, 0.4) is 0 Å². The van der Waals surface area contributed by atoms with Gasteiger partial charge in [0.25, 0.3) is 0 Å². The molecule has 0 amide bonds. The van der Waals surface area contributed by atoms with Gasteiger partial charge in [0.2, 0.25) is 0 Å². The molecule has 0 N–H and O–H groups in total. The second-order valence-corrected chi connectivity index (χ2v) is 2.29. The Morgan fingerprint density at radius 3 is 2.25 bits per heavy atom. The Balaban J connectivity index is 3.39. The molecule has 0 saturated heterocycles. The van der Waals surface area contributed by atoms with E-state index in [1.54, 1.807) is 0 Å². The Kier molecular flexibility index (Phi) is 3.53. The number of rotatable bonds is 2.